The van der Waals surface area contributed by atoms with Gasteiger partial charge >= 0.3 is 12.0 Å². The first kappa shape index (κ1) is 25.1. The van der Waals surface area contributed by atoms with Gasteiger partial charge in [-0.1, -0.05) is 0 Å². The third-order valence-electron chi connectivity index (χ3n) is 3.87. The Bertz CT molecular complexity index is 753. The summed E-state index contributed by atoms with van der Waals surface area (Å²) in [6.45, 7) is 8.85. The van der Waals surface area contributed by atoms with Crippen molar-refractivity contribution in [1.29, 1.82) is 0 Å². The Kier molecular flexibility index (Phi) is 10.3. The lowest BCUT2D eigenvalue weighted by Gasteiger charge is -2.16. The van der Waals surface area contributed by atoms with Gasteiger partial charge in [0, 0.05) is 6.54 Å². The van der Waals surface area contributed by atoms with Gasteiger partial charge in [-0.15, -0.1) is 35.3 Å². The number of amides is 3. The molecule has 3 N–H and O–H groups in total. The van der Waals surface area contributed by atoms with Gasteiger partial charge in [0.1, 0.15) is 9.88 Å². The highest BCUT2D eigenvalue weighted by atomic mass is 127. The van der Waals surface area contributed by atoms with E-state index in [2.05, 4.69) is 25.9 Å². The van der Waals surface area contributed by atoms with E-state index in [9.17, 15) is 14.4 Å². The molecule has 1 unspecified atom stereocenters. The third kappa shape index (κ3) is 6.80. The van der Waals surface area contributed by atoms with Crippen molar-refractivity contribution in [3.05, 3.63) is 15.6 Å². The van der Waals surface area contributed by atoms with Crippen LogP contribution in [0.1, 0.15) is 47.2 Å². The van der Waals surface area contributed by atoms with E-state index in [1.807, 2.05) is 13.8 Å². The second-order valence-electron chi connectivity index (χ2n) is 6.02. The number of thiazole rings is 1. The van der Waals surface area contributed by atoms with Crippen molar-refractivity contribution in [3.8, 4) is 0 Å². The molecule has 0 bridgehead atoms. The standard InChI is InChI=1S/C17H26N6O4S.HI/c1-5-18-16(19-7-8-23-12(24)9-20-17(23)26)22-11(4)14-21-10(3)13(28-14)15(25)27-6-2;/h11H,5-9H2,1-4H3,(H,20,26)(H2,18,19,22);1H. The minimum atomic E-state index is -0.392. The molecule has 2 rings (SSSR count). The fourth-order valence-electron chi connectivity index (χ4n) is 2.52. The molecule has 1 aromatic heterocycles. The second-order valence-corrected chi connectivity index (χ2v) is 7.05. The van der Waals surface area contributed by atoms with Crippen molar-refractivity contribution in [2.75, 3.05) is 32.8 Å². The Morgan fingerprint density at radius 2 is 2.14 bits per heavy atom. The van der Waals surface area contributed by atoms with Gasteiger partial charge < -0.3 is 20.7 Å². The number of halogens is 1. The van der Waals surface area contributed by atoms with Gasteiger partial charge in [0.05, 0.1) is 38.0 Å². The van der Waals surface area contributed by atoms with E-state index in [-0.39, 0.29) is 61.5 Å². The second kappa shape index (κ2) is 11.9. The highest BCUT2D eigenvalue weighted by Crippen LogP contribution is 2.24. The molecule has 2 heterocycles. The zero-order valence-electron chi connectivity index (χ0n) is 16.9. The van der Waals surface area contributed by atoms with E-state index in [4.69, 9.17) is 4.74 Å². The average molecular weight is 538 g/mol. The lowest BCUT2D eigenvalue weighted by Crippen LogP contribution is -2.40. The fraction of sp³-hybridized carbons (Fsp3) is 0.588. The normalized spacial score (nSPS) is 14.9. The number of aryl methyl sites for hydroxylation is 1. The van der Waals surface area contributed by atoms with Gasteiger partial charge in [-0.05, 0) is 27.7 Å². The zero-order chi connectivity index (χ0) is 20.7. The summed E-state index contributed by atoms with van der Waals surface area (Å²) in [5.41, 5.74) is 0.632. The first-order chi connectivity index (χ1) is 13.4. The highest BCUT2D eigenvalue weighted by molar-refractivity contribution is 14.0. The molecule has 162 valence electrons. The van der Waals surface area contributed by atoms with E-state index >= 15 is 0 Å². The van der Waals surface area contributed by atoms with Crippen molar-refractivity contribution in [2.45, 2.75) is 33.7 Å². The SMILES string of the molecule is CCNC(=NCCN1C(=O)CNC1=O)NC(C)c1nc(C)c(C(=O)OCC)s1.I. The van der Waals surface area contributed by atoms with E-state index in [1.54, 1.807) is 13.8 Å². The molecule has 1 aliphatic rings. The number of hydrogen-bond acceptors (Lipinski definition) is 7. The number of hydrogen-bond donors (Lipinski definition) is 3. The number of nitrogens with one attached hydrogen (secondary N) is 3. The van der Waals surface area contributed by atoms with Crippen LogP contribution in [0.2, 0.25) is 0 Å². The van der Waals surface area contributed by atoms with Crippen LogP contribution >= 0.6 is 35.3 Å². The summed E-state index contributed by atoms with van der Waals surface area (Å²) < 4.78 is 5.05. The number of urea groups is 1. The molecule has 10 nitrogen and oxygen atoms in total. The summed E-state index contributed by atoms with van der Waals surface area (Å²) in [7, 11) is 0. The Morgan fingerprint density at radius 1 is 1.41 bits per heavy atom. The lowest BCUT2D eigenvalue weighted by atomic mass is 10.3. The predicted molar refractivity (Wildman–Crippen MR) is 121 cm³/mol. The van der Waals surface area contributed by atoms with Crippen molar-refractivity contribution >= 4 is 59.2 Å². The number of aromatic nitrogens is 1. The zero-order valence-corrected chi connectivity index (χ0v) is 20.1. The van der Waals surface area contributed by atoms with E-state index in [1.165, 1.54) is 11.3 Å². The molecule has 1 aromatic rings. The largest absolute Gasteiger partial charge is 0.462 e. The Balaban J connectivity index is 0.00000420. The van der Waals surface area contributed by atoms with Crippen LogP contribution in [0.3, 0.4) is 0 Å². The molecule has 0 saturated carbocycles. The number of imide groups is 1. The topological polar surface area (TPSA) is 125 Å². The van der Waals surface area contributed by atoms with Crippen molar-refractivity contribution < 1.29 is 19.1 Å². The molecule has 0 aromatic carbocycles. The number of esters is 1. The molecule has 29 heavy (non-hydrogen) atoms. The van der Waals surface area contributed by atoms with E-state index in [0.29, 0.717) is 29.7 Å². The van der Waals surface area contributed by atoms with Crippen LogP contribution in [-0.2, 0) is 9.53 Å². The number of carbonyl (C=O) groups excluding carboxylic acids is 3. The highest BCUT2D eigenvalue weighted by Gasteiger charge is 2.27. The summed E-state index contributed by atoms with van der Waals surface area (Å²) in [5.74, 6) is -0.0889. The van der Waals surface area contributed by atoms with Gasteiger partial charge in [-0.3, -0.25) is 14.7 Å². The molecule has 1 aliphatic heterocycles. The van der Waals surface area contributed by atoms with Gasteiger partial charge in [0.25, 0.3) is 0 Å². The molecule has 12 heteroatoms. The maximum Gasteiger partial charge on any atom is 0.350 e. The predicted octanol–water partition coefficient (Wildman–Crippen LogP) is 1.41. The van der Waals surface area contributed by atoms with Crippen LogP contribution in [0.4, 0.5) is 4.79 Å². The number of aliphatic imine (C=N–C) groups is 1. The molecule has 0 aliphatic carbocycles. The summed E-state index contributed by atoms with van der Waals surface area (Å²) in [4.78, 5) is 45.6. The van der Waals surface area contributed by atoms with Crippen molar-refractivity contribution in [1.82, 2.24) is 25.8 Å². The van der Waals surface area contributed by atoms with Gasteiger partial charge in [0.15, 0.2) is 5.96 Å². The first-order valence-electron chi connectivity index (χ1n) is 9.14. The van der Waals surface area contributed by atoms with Gasteiger partial charge in [-0.25, -0.2) is 14.6 Å². The minimum Gasteiger partial charge on any atom is -0.462 e. The Hall–Kier alpha value is -1.96. The smallest absolute Gasteiger partial charge is 0.350 e. The molecular formula is C17H27IN6O4S. The van der Waals surface area contributed by atoms with Crippen LogP contribution in [0.5, 0.6) is 0 Å². The molecule has 1 fully saturated rings. The number of nitrogens with zero attached hydrogens (tertiary/aromatic N) is 3. The Morgan fingerprint density at radius 3 is 2.72 bits per heavy atom. The first-order valence-corrected chi connectivity index (χ1v) is 9.96. The molecule has 1 atom stereocenters. The lowest BCUT2D eigenvalue weighted by molar-refractivity contribution is -0.124. The fourth-order valence-corrected chi connectivity index (χ4v) is 3.48. The van der Waals surface area contributed by atoms with Crippen LogP contribution in [0.25, 0.3) is 0 Å². The van der Waals surface area contributed by atoms with Crippen LogP contribution in [-0.4, -0.2) is 66.5 Å². The molecule has 1 saturated heterocycles. The van der Waals surface area contributed by atoms with Gasteiger partial charge in [0.2, 0.25) is 5.91 Å². The summed E-state index contributed by atoms with van der Waals surface area (Å²) in [6.07, 6.45) is 0. The quantitative estimate of drug-likeness (QED) is 0.150. The van der Waals surface area contributed by atoms with E-state index < -0.39 is 6.03 Å². The number of ether oxygens (including phenoxy) is 1. The molecular weight excluding hydrogens is 511 g/mol. The molecule has 3 amide bonds. The third-order valence-corrected chi connectivity index (χ3v) is 5.19. The van der Waals surface area contributed by atoms with Crippen molar-refractivity contribution in [2.24, 2.45) is 4.99 Å². The number of rotatable bonds is 8. The summed E-state index contributed by atoms with van der Waals surface area (Å²) in [6, 6.07) is -0.585. The minimum absolute atomic E-state index is 0. The summed E-state index contributed by atoms with van der Waals surface area (Å²) >= 11 is 1.28. The Labute approximate surface area is 190 Å². The molecule has 0 spiro atoms. The molecule has 0 radical (unpaired) electrons. The van der Waals surface area contributed by atoms with Crippen LogP contribution in [0.15, 0.2) is 4.99 Å². The number of carbonyl (C=O) groups is 3. The van der Waals surface area contributed by atoms with Crippen molar-refractivity contribution in [3.63, 3.8) is 0 Å². The van der Waals surface area contributed by atoms with Gasteiger partial charge in [-0.2, -0.15) is 0 Å². The monoisotopic (exact) mass is 538 g/mol. The maximum absolute atomic E-state index is 12.0. The van der Waals surface area contributed by atoms with Crippen LogP contribution < -0.4 is 16.0 Å². The number of guanidine groups is 1. The van der Waals surface area contributed by atoms with E-state index in [0.717, 1.165) is 9.91 Å². The van der Waals surface area contributed by atoms with Crippen LogP contribution in [0, 0.1) is 6.92 Å². The average Bonchev–Trinajstić information content (AvgIpc) is 3.19. The maximum atomic E-state index is 12.0. The summed E-state index contributed by atoms with van der Waals surface area (Å²) in [5, 5.41) is 9.55.